The summed E-state index contributed by atoms with van der Waals surface area (Å²) < 4.78 is 5.32. The SMILES string of the molecule is CNC(=O)C(C)NC1=NCCN(C(=O)OC(C)(C)C)C1. The molecule has 1 heterocycles. The highest BCUT2D eigenvalue weighted by Gasteiger charge is 2.26. The zero-order valence-electron chi connectivity index (χ0n) is 12.8. The number of hydrogen-bond acceptors (Lipinski definition) is 5. The van der Waals surface area contributed by atoms with E-state index in [4.69, 9.17) is 4.74 Å². The van der Waals surface area contributed by atoms with E-state index in [0.717, 1.165) is 0 Å². The monoisotopic (exact) mass is 284 g/mol. The summed E-state index contributed by atoms with van der Waals surface area (Å²) in [5.41, 5.74) is -0.519. The maximum atomic E-state index is 12.0. The highest BCUT2D eigenvalue weighted by Crippen LogP contribution is 2.11. The van der Waals surface area contributed by atoms with Gasteiger partial charge in [0.25, 0.3) is 0 Å². The highest BCUT2D eigenvalue weighted by atomic mass is 16.6. The molecule has 1 rings (SSSR count). The van der Waals surface area contributed by atoms with E-state index < -0.39 is 11.6 Å². The first-order valence-corrected chi connectivity index (χ1v) is 6.72. The topological polar surface area (TPSA) is 83.0 Å². The Kier molecular flexibility index (Phi) is 5.35. The van der Waals surface area contributed by atoms with E-state index in [0.29, 0.717) is 25.5 Å². The van der Waals surface area contributed by atoms with Crippen LogP contribution in [0, 0.1) is 0 Å². The lowest BCUT2D eigenvalue weighted by molar-refractivity contribution is -0.121. The number of rotatable bonds is 2. The third kappa shape index (κ3) is 5.07. The van der Waals surface area contributed by atoms with Crippen molar-refractivity contribution in [2.24, 2.45) is 4.99 Å². The van der Waals surface area contributed by atoms with E-state index in [2.05, 4.69) is 15.6 Å². The minimum absolute atomic E-state index is 0.123. The van der Waals surface area contributed by atoms with Gasteiger partial charge in [-0.3, -0.25) is 14.7 Å². The van der Waals surface area contributed by atoms with Gasteiger partial charge in [-0.1, -0.05) is 0 Å². The summed E-state index contributed by atoms with van der Waals surface area (Å²) in [6, 6.07) is -0.391. The lowest BCUT2D eigenvalue weighted by Crippen LogP contribution is -2.51. The molecule has 0 aromatic carbocycles. The zero-order valence-corrected chi connectivity index (χ0v) is 12.8. The van der Waals surface area contributed by atoms with Crippen molar-refractivity contribution in [1.82, 2.24) is 15.5 Å². The van der Waals surface area contributed by atoms with Gasteiger partial charge in [0.15, 0.2) is 0 Å². The summed E-state index contributed by atoms with van der Waals surface area (Å²) in [6.07, 6.45) is -0.362. The summed E-state index contributed by atoms with van der Waals surface area (Å²) >= 11 is 0. The number of aliphatic imine (C=N–C) groups is 1. The van der Waals surface area contributed by atoms with Crippen molar-refractivity contribution in [2.45, 2.75) is 39.3 Å². The Labute approximate surface area is 119 Å². The molecule has 0 aliphatic carbocycles. The van der Waals surface area contributed by atoms with E-state index in [1.54, 1.807) is 18.9 Å². The lowest BCUT2D eigenvalue weighted by atomic mass is 10.2. The van der Waals surface area contributed by atoms with Gasteiger partial charge in [-0.25, -0.2) is 4.79 Å². The first-order valence-electron chi connectivity index (χ1n) is 6.72. The molecule has 1 atom stereocenters. The molecule has 1 aliphatic heterocycles. The third-order valence-corrected chi connectivity index (χ3v) is 2.69. The minimum Gasteiger partial charge on any atom is -0.444 e. The second-order valence-electron chi connectivity index (χ2n) is 5.71. The van der Waals surface area contributed by atoms with Crippen LogP contribution in [0.15, 0.2) is 4.99 Å². The average Bonchev–Trinajstić information content (AvgIpc) is 2.36. The fraction of sp³-hybridized carbons (Fsp3) is 0.769. The molecule has 0 radical (unpaired) electrons. The molecular formula is C13H24N4O3. The maximum Gasteiger partial charge on any atom is 0.410 e. The van der Waals surface area contributed by atoms with Gasteiger partial charge in [0, 0.05) is 13.6 Å². The number of nitrogens with one attached hydrogen (secondary N) is 2. The predicted octanol–water partition coefficient (Wildman–Crippen LogP) is 0.360. The number of likely N-dealkylation sites (N-methyl/N-ethyl adjacent to an activating group) is 1. The molecule has 0 bridgehead atoms. The quantitative estimate of drug-likeness (QED) is 0.767. The number of ether oxygens (including phenoxy) is 1. The summed E-state index contributed by atoms with van der Waals surface area (Å²) in [6.45, 7) is 8.59. The van der Waals surface area contributed by atoms with E-state index >= 15 is 0 Å². The van der Waals surface area contributed by atoms with Gasteiger partial charge in [-0.15, -0.1) is 0 Å². The highest BCUT2D eigenvalue weighted by molar-refractivity contribution is 5.92. The van der Waals surface area contributed by atoms with E-state index in [-0.39, 0.29) is 12.0 Å². The number of amidine groups is 1. The van der Waals surface area contributed by atoms with Gasteiger partial charge < -0.3 is 15.4 Å². The molecule has 0 saturated carbocycles. The molecule has 2 amide bonds. The van der Waals surface area contributed by atoms with Crippen LogP contribution in [0.1, 0.15) is 27.7 Å². The van der Waals surface area contributed by atoms with Crippen molar-refractivity contribution in [1.29, 1.82) is 0 Å². The van der Waals surface area contributed by atoms with Gasteiger partial charge in [0.2, 0.25) is 5.91 Å². The summed E-state index contributed by atoms with van der Waals surface area (Å²) in [7, 11) is 1.58. The Morgan fingerprint density at radius 3 is 2.60 bits per heavy atom. The fourth-order valence-corrected chi connectivity index (χ4v) is 1.72. The van der Waals surface area contributed by atoms with Crippen LogP contribution in [0.5, 0.6) is 0 Å². The molecule has 2 N–H and O–H groups in total. The van der Waals surface area contributed by atoms with E-state index in [9.17, 15) is 9.59 Å². The number of amides is 2. The van der Waals surface area contributed by atoms with Crippen LogP contribution < -0.4 is 10.6 Å². The summed E-state index contributed by atoms with van der Waals surface area (Å²) in [5, 5.41) is 5.56. The van der Waals surface area contributed by atoms with Gasteiger partial charge in [0.1, 0.15) is 17.5 Å². The molecule has 1 unspecified atom stereocenters. The lowest BCUT2D eigenvalue weighted by Gasteiger charge is -2.30. The molecular weight excluding hydrogens is 260 g/mol. The molecule has 0 spiro atoms. The molecule has 114 valence electrons. The van der Waals surface area contributed by atoms with Gasteiger partial charge in [0.05, 0.1) is 13.1 Å². The van der Waals surface area contributed by atoms with Crippen molar-refractivity contribution in [2.75, 3.05) is 26.7 Å². The molecule has 1 aliphatic rings. The summed E-state index contributed by atoms with van der Waals surface area (Å²) in [5.74, 6) is 0.500. The molecule has 7 heteroatoms. The smallest absolute Gasteiger partial charge is 0.410 e. The standard InChI is InChI=1S/C13H24N4O3/c1-9(11(18)14-5)16-10-8-17(7-6-15-10)12(19)20-13(2,3)4/h9H,6-8H2,1-5H3,(H,14,18)(H,15,16). The Morgan fingerprint density at radius 2 is 2.05 bits per heavy atom. The number of hydrogen-bond donors (Lipinski definition) is 2. The largest absolute Gasteiger partial charge is 0.444 e. The average molecular weight is 284 g/mol. The van der Waals surface area contributed by atoms with Crippen molar-refractivity contribution in [3.63, 3.8) is 0 Å². The first-order chi connectivity index (χ1) is 9.23. The second kappa shape index (κ2) is 6.58. The second-order valence-corrected chi connectivity index (χ2v) is 5.71. The fourth-order valence-electron chi connectivity index (χ4n) is 1.72. The molecule has 0 fully saturated rings. The van der Waals surface area contributed by atoms with Crippen molar-refractivity contribution in [3.8, 4) is 0 Å². The van der Waals surface area contributed by atoms with Gasteiger partial charge >= 0.3 is 6.09 Å². The Bertz CT molecular complexity index is 401. The van der Waals surface area contributed by atoms with E-state index in [1.807, 2.05) is 20.8 Å². The molecule has 0 aromatic rings. The third-order valence-electron chi connectivity index (χ3n) is 2.69. The number of carbonyl (C=O) groups excluding carboxylic acids is 2. The van der Waals surface area contributed by atoms with Gasteiger partial charge in [-0.05, 0) is 27.7 Å². The van der Waals surface area contributed by atoms with Crippen LogP contribution in [-0.4, -0.2) is 61.1 Å². The van der Waals surface area contributed by atoms with Crippen LogP contribution >= 0.6 is 0 Å². The number of carbonyl (C=O) groups is 2. The van der Waals surface area contributed by atoms with Crippen LogP contribution in [-0.2, 0) is 9.53 Å². The molecule has 0 aromatic heterocycles. The maximum absolute atomic E-state index is 12.0. The Balaban J connectivity index is 2.56. The van der Waals surface area contributed by atoms with Crippen molar-refractivity contribution >= 4 is 17.8 Å². The van der Waals surface area contributed by atoms with Crippen LogP contribution in [0.2, 0.25) is 0 Å². The molecule has 0 saturated heterocycles. The minimum atomic E-state index is -0.519. The first kappa shape index (κ1) is 16.3. The van der Waals surface area contributed by atoms with Gasteiger partial charge in [-0.2, -0.15) is 0 Å². The normalized spacial score (nSPS) is 17.1. The molecule has 7 nitrogen and oxygen atoms in total. The van der Waals surface area contributed by atoms with Crippen molar-refractivity contribution < 1.29 is 14.3 Å². The van der Waals surface area contributed by atoms with E-state index in [1.165, 1.54) is 0 Å². The Hall–Kier alpha value is -1.79. The Morgan fingerprint density at radius 1 is 1.40 bits per heavy atom. The van der Waals surface area contributed by atoms with Crippen LogP contribution in [0.25, 0.3) is 0 Å². The molecule has 20 heavy (non-hydrogen) atoms. The number of nitrogens with zero attached hydrogens (tertiary/aromatic N) is 2. The summed E-state index contributed by atoms with van der Waals surface area (Å²) in [4.78, 5) is 29.3. The van der Waals surface area contributed by atoms with Crippen LogP contribution in [0.3, 0.4) is 0 Å². The van der Waals surface area contributed by atoms with Crippen LogP contribution in [0.4, 0.5) is 4.79 Å². The predicted molar refractivity (Wildman–Crippen MR) is 76.8 cm³/mol. The zero-order chi connectivity index (χ0) is 15.3. The van der Waals surface area contributed by atoms with Crippen molar-refractivity contribution in [3.05, 3.63) is 0 Å².